The fourth-order valence-corrected chi connectivity index (χ4v) is 1.51. The number of aromatic nitrogens is 1. The lowest BCUT2D eigenvalue weighted by molar-refractivity contribution is 1.20. The molecule has 0 saturated heterocycles. The van der Waals surface area contributed by atoms with Crippen molar-refractivity contribution in [3.05, 3.63) is 22.2 Å². The molecule has 0 atom stereocenters. The van der Waals surface area contributed by atoms with E-state index in [2.05, 4.69) is 11.6 Å². The Morgan fingerprint density at radius 3 is 2.44 bits per heavy atom. The molecule has 48 valence electrons. The number of aryl methyl sites for hydroxylation is 2. The van der Waals surface area contributed by atoms with E-state index in [0.717, 1.165) is 10.7 Å². The molecule has 2 heteroatoms. The molecule has 9 heavy (non-hydrogen) atoms. The van der Waals surface area contributed by atoms with Crippen LogP contribution in [-0.2, 0) is 0 Å². The van der Waals surface area contributed by atoms with Crippen LogP contribution in [-0.4, -0.2) is 4.98 Å². The topological polar surface area (TPSA) is 12.9 Å². The summed E-state index contributed by atoms with van der Waals surface area (Å²) in [6.45, 7) is 7.68. The molecule has 1 heterocycles. The number of rotatable bonds is 1. The first kappa shape index (κ1) is 6.49. The molecule has 1 aromatic heterocycles. The quantitative estimate of drug-likeness (QED) is 0.582. The highest BCUT2D eigenvalue weighted by molar-refractivity contribution is 7.12. The fraction of sp³-hybridized carbons (Fsp3) is 0.286. The molecule has 0 unspecified atom stereocenters. The highest BCUT2D eigenvalue weighted by Gasteiger charge is 1.97. The first-order valence-corrected chi connectivity index (χ1v) is 3.62. The van der Waals surface area contributed by atoms with Gasteiger partial charge in [-0.1, -0.05) is 12.7 Å². The van der Waals surface area contributed by atoms with E-state index >= 15 is 0 Å². The fourth-order valence-electron chi connectivity index (χ4n) is 0.736. The Hall–Kier alpha value is -0.630. The normalized spacial score (nSPS) is 9.56. The lowest BCUT2D eigenvalue weighted by atomic mass is 10.4. The monoisotopic (exact) mass is 139 g/mol. The van der Waals surface area contributed by atoms with E-state index in [1.807, 2.05) is 19.9 Å². The summed E-state index contributed by atoms with van der Waals surface area (Å²) in [6, 6.07) is 0. The molecule has 0 spiro atoms. The Balaban J connectivity index is 3.15. The van der Waals surface area contributed by atoms with Gasteiger partial charge in [-0.2, -0.15) is 0 Å². The molecule has 0 radical (unpaired) electrons. The zero-order chi connectivity index (χ0) is 6.85. The predicted molar refractivity (Wildman–Crippen MR) is 41.7 cm³/mol. The van der Waals surface area contributed by atoms with Crippen LogP contribution in [0.5, 0.6) is 0 Å². The van der Waals surface area contributed by atoms with Crippen molar-refractivity contribution in [2.75, 3.05) is 0 Å². The number of hydrogen-bond acceptors (Lipinski definition) is 2. The van der Waals surface area contributed by atoms with Gasteiger partial charge in [0.25, 0.3) is 0 Å². The molecule has 1 rings (SSSR count). The standard InChI is InChI=1S/C7H9NS/c1-4-7-5(2)8-6(3)9-7/h4H,1H2,2-3H3. The maximum atomic E-state index is 4.23. The first-order valence-electron chi connectivity index (χ1n) is 2.80. The first-order chi connectivity index (χ1) is 4.24. The summed E-state index contributed by atoms with van der Waals surface area (Å²) >= 11 is 1.69. The molecule has 0 bridgehead atoms. The van der Waals surface area contributed by atoms with Crippen molar-refractivity contribution in [2.45, 2.75) is 13.8 Å². The van der Waals surface area contributed by atoms with Crippen LogP contribution >= 0.6 is 11.3 Å². The third-order valence-corrected chi connectivity index (χ3v) is 2.19. The average molecular weight is 139 g/mol. The van der Waals surface area contributed by atoms with Crippen molar-refractivity contribution >= 4 is 17.4 Å². The SMILES string of the molecule is C=Cc1sc(C)nc1C. The van der Waals surface area contributed by atoms with Gasteiger partial charge in [-0.05, 0) is 13.8 Å². The maximum Gasteiger partial charge on any atom is 0.0903 e. The molecule has 0 amide bonds. The van der Waals surface area contributed by atoms with Crippen molar-refractivity contribution in [1.29, 1.82) is 0 Å². The minimum atomic E-state index is 1.09. The smallest absolute Gasteiger partial charge is 0.0903 e. The minimum absolute atomic E-state index is 1.09. The summed E-state index contributed by atoms with van der Waals surface area (Å²) < 4.78 is 0. The van der Waals surface area contributed by atoms with Crippen molar-refractivity contribution in [2.24, 2.45) is 0 Å². The summed E-state index contributed by atoms with van der Waals surface area (Å²) in [5, 5.41) is 1.11. The second-order valence-electron chi connectivity index (χ2n) is 1.89. The number of thiazole rings is 1. The maximum absolute atomic E-state index is 4.23. The van der Waals surface area contributed by atoms with Gasteiger partial charge < -0.3 is 0 Å². The lowest BCUT2D eigenvalue weighted by Gasteiger charge is -1.80. The van der Waals surface area contributed by atoms with E-state index in [1.54, 1.807) is 11.3 Å². The van der Waals surface area contributed by atoms with Gasteiger partial charge >= 0.3 is 0 Å². The summed E-state index contributed by atoms with van der Waals surface area (Å²) in [4.78, 5) is 5.42. The van der Waals surface area contributed by atoms with Gasteiger partial charge in [0.15, 0.2) is 0 Å². The number of nitrogens with zero attached hydrogens (tertiary/aromatic N) is 1. The van der Waals surface area contributed by atoms with Crippen LogP contribution in [0.2, 0.25) is 0 Å². The van der Waals surface area contributed by atoms with E-state index in [4.69, 9.17) is 0 Å². The van der Waals surface area contributed by atoms with Crippen LogP contribution in [0.4, 0.5) is 0 Å². The van der Waals surface area contributed by atoms with Gasteiger partial charge in [-0.3, -0.25) is 0 Å². The van der Waals surface area contributed by atoms with Crippen LogP contribution in [0, 0.1) is 13.8 Å². The molecule has 1 nitrogen and oxygen atoms in total. The molecule has 0 N–H and O–H groups in total. The Morgan fingerprint density at radius 1 is 1.56 bits per heavy atom. The van der Waals surface area contributed by atoms with E-state index in [0.29, 0.717) is 0 Å². The van der Waals surface area contributed by atoms with Gasteiger partial charge in [-0.25, -0.2) is 4.98 Å². The van der Waals surface area contributed by atoms with Crippen molar-refractivity contribution in [1.82, 2.24) is 4.98 Å². The third kappa shape index (κ3) is 1.19. The highest BCUT2D eigenvalue weighted by Crippen LogP contribution is 2.17. The van der Waals surface area contributed by atoms with Crippen molar-refractivity contribution < 1.29 is 0 Å². The predicted octanol–water partition coefficient (Wildman–Crippen LogP) is 2.40. The van der Waals surface area contributed by atoms with Gasteiger partial charge in [0.1, 0.15) is 0 Å². The Labute approximate surface area is 59.1 Å². The largest absolute Gasteiger partial charge is 0.246 e. The summed E-state index contributed by atoms with van der Waals surface area (Å²) in [5.41, 5.74) is 1.09. The second kappa shape index (κ2) is 2.31. The summed E-state index contributed by atoms with van der Waals surface area (Å²) in [7, 11) is 0. The second-order valence-corrected chi connectivity index (χ2v) is 3.12. The zero-order valence-corrected chi connectivity index (χ0v) is 6.46. The Kier molecular flexibility index (Phi) is 1.67. The number of hydrogen-bond donors (Lipinski definition) is 0. The van der Waals surface area contributed by atoms with Gasteiger partial charge in [-0.15, -0.1) is 11.3 Å². The molecule has 0 aliphatic rings. The average Bonchev–Trinajstić information content (AvgIpc) is 2.10. The van der Waals surface area contributed by atoms with E-state index in [1.165, 1.54) is 4.88 Å². The van der Waals surface area contributed by atoms with E-state index < -0.39 is 0 Å². The van der Waals surface area contributed by atoms with Gasteiger partial charge in [0.05, 0.1) is 10.7 Å². The Bertz CT molecular complexity index is 225. The Morgan fingerprint density at radius 2 is 2.22 bits per heavy atom. The molecular weight excluding hydrogens is 130 g/mol. The van der Waals surface area contributed by atoms with Crippen molar-refractivity contribution in [3.63, 3.8) is 0 Å². The molecule has 1 aromatic rings. The molecule has 0 fully saturated rings. The van der Waals surface area contributed by atoms with Gasteiger partial charge in [0, 0.05) is 4.88 Å². The van der Waals surface area contributed by atoms with E-state index in [-0.39, 0.29) is 0 Å². The van der Waals surface area contributed by atoms with Crippen LogP contribution in [0.25, 0.3) is 6.08 Å². The third-order valence-electron chi connectivity index (χ3n) is 1.12. The molecule has 0 saturated carbocycles. The zero-order valence-electron chi connectivity index (χ0n) is 5.64. The lowest BCUT2D eigenvalue weighted by Crippen LogP contribution is -1.71. The molecule has 0 aromatic carbocycles. The molecular formula is C7H9NS. The summed E-state index contributed by atoms with van der Waals surface area (Å²) in [6.07, 6.45) is 1.85. The summed E-state index contributed by atoms with van der Waals surface area (Å²) in [5.74, 6) is 0. The minimum Gasteiger partial charge on any atom is -0.246 e. The van der Waals surface area contributed by atoms with Crippen LogP contribution < -0.4 is 0 Å². The van der Waals surface area contributed by atoms with Crippen LogP contribution in [0.15, 0.2) is 6.58 Å². The van der Waals surface area contributed by atoms with Crippen LogP contribution in [0.3, 0.4) is 0 Å². The van der Waals surface area contributed by atoms with Gasteiger partial charge in [0.2, 0.25) is 0 Å². The molecule has 0 aliphatic carbocycles. The molecule has 0 aliphatic heterocycles. The van der Waals surface area contributed by atoms with Crippen LogP contribution in [0.1, 0.15) is 15.6 Å². The van der Waals surface area contributed by atoms with E-state index in [9.17, 15) is 0 Å². The van der Waals surface area contributed by atoms with Crippen molar-refractivity contribution in [3.8, 4) is 0 Å². The highest BCUT2D eigenvalue weighted by atomic mass is 32.1.